The minimum Gasteiger partial charge on any atom is -0.379 e. The van der Waals surface area contributed by atoms with E-state index in [2.05, 4.69) is 53.8 Å². The number of nitrogens with zero attached hydrogens (tertiary/aromatic N) is 4. The van der Waals surface area contributed by atoms with Gasteiger partial charge in [-0.25, -0.2) is 0 Å². The summed E-state index contributed by atoms with van der Waals surface area (Å²) < 4.78 is 8.58. The van der Waals surface area contributed by atoms with Crippen molar-refractivity contribution in [1.82, 2.24) is 19.7 Å². The predicted octanol–water partition coefficient (Wildman–Crippen LogP) is 4.12. The molecule has 0 amide bonds. The summed E-state index contributed by atoms with van der Waals surface area (Å²) in [7, 11) is 0. The van der Waals surface area contributed by atoms with E-state index < -0.39 is 0 Å². The number of morpholine rings is 1. The van der Waals surface area contributed by atoms with Crippen LogP contribution in [0.4, 0.5) is 0 Å². The fourth-order valence-electron chi connectivity index (χ4n) is 3.08. The van der Waals surface area contributed by atoms with Crippen LogP contribution in [0.1, 0.15) is 0 Å². The Hall–Kier alpha value is -1.67. The minimum atomic E-state index is 0.830. The van der Waals surface area contributed by atoms with Gasteiger partial charge in [-0.1, -0.05) is 64.1 Å². The van der Waals surface area contributed by atoms with Crippen LogP contribution >= 0.6 is 27.7 Å². The lowest BCUT2D eigenvalue weighted by atomic mass is 10.2. The molecule has 7 heteroatoms. The van der Waals surface area contributed by atoms with E-state index in [1.165, 1.54) is 0 Å². The number of ether oxygens (including phenoxy) is 1. The van der Waals surface area contributed by atoms with E-state index in [1.807, 2.05) is 36.4 Å². The molecule has 0 spiro atoms. The third kappa shape index (κ3) is 4.43. The molecule has 27 heavy (non-hydrogen) atoms. The number of hydrogen-bond donors (Lipinski definition) is 0. The van der Waals surface area contributed by atoms with Crippen molar-refractivity contribution in [3.05, 3.63) is 59.1 Å². The van der Waals surface area contributed by atoms with E-state index in [4.69, 9.17) is 4.74 Å². The maximum atomic E-state index is 5.43. The van der Waals surface area contributed by atoms with Gasteiger partial charge < -0.3 is 4.74 Å². The maximum absolute atomic E-state index is 5.43. The van der Waals surface area contributed by atoms with Gasteiger partial charge in [0.1, 0.15) is 0 Å². The van der Waals surface area contributed by atoms with Crippen LogP contribution in [0.15, 0.2) is 64.2 Å². The van der Waals surface area contributed by atoms with Gasteiger partial charge in [-0.15, -0.1) is 10.2 Å². The van der Waals surface area contributed by atoms with Crippen molar-refractivity contribution in [2.75, 3.05) is 38.6 Å². The average molecular weight is 445 g/mol. The molecule has 1 aliphatic heterocycles. The lowest BCUT2D eigenvalue weighted by molar-refractivity contribution is 0.0410. The van der Waals surface area contributed by atoms with E-state index in [9.17, 15) is 0 Å². The van der Waals surface area contributed by atoms with E-state index in [0.717, 1.165) is 65.3 Å². The number of hydrogen-bond acceptors (Lipinski definition) is 5. The molecule has 1 saturated heterocycles. The summed E-state index contributed by atoms with van der Waals surface area (Å²) in [6, 6.07) is 18.4. The summed E-state index contributed by atoms with van der Waals surface area (Å²) in [5.74, 6) is 1.82. The molecule has 0 atom stereocenters. The van der Waals surface area contributed by atoms with Gasteiger partial charge in [0.25, 0.3) is 0 Å². The number of thioether (sulfide) groups is 1. The van der Waals surface area contributed by atoms with Crippen LogP contribution in [-0.4, -0.2) is 58.3 Å². The van der Waals surface area contributed by atoms with Crippen molar-refractivity contribution in [1.29, 1.82) is 0 Å². The Bertz CT molecular complexity index is 881. The van der Waals surface area contributed by atoms with Gasteiger partial charge in [-0.3, -0.25) is 9.47 Å². The molecule has 2 heterocycles. The number of rotatable bonds is 6. The molecule has 0 N–H and O–H groups in total. The van der Waals surface area contributed by atoms with E-state index in [1.54, 1.807) is 11.8 Å². The molecule has 0 radical (unpaired) electrons. The highest BCUT2D eigenvalue weighted by Crippen LogP contribution is 2.32. The van der Waals surface area contributed by atoms with Gasteiger partial charge in [0.05, 0.1) is 13.2 Å². The third-order valence-electron chi connectivity index (χ3n) is 4.50. The van der Waals surface area contributed by atoms with Gasteiger partial charge in [0.15, 0.2) is 11.0 Å². The normalized spacial score (nSPS) is 15.1. The van der Waals surface area contributed by atoms with Crippen LogP contribution in [0.3, 0.4) is 0 Å². The number of para-hydroxylation sites is 1. The van der Waals surface area contributed by atoms with E-state index in [-0.39, 0.29) is 0 Å². The maximum Gasteiger partial charge on any atom is 0.196 e. The molecule has 140 valence electrons. The Balaban J connectivity index is 1.60. The molecule has 0 aliphatic carbocycles. The first-order valence-electron chi connectivity index (χ1n) is 9.01. The van der Waals surface area contributed by atoms with Crippen molar-refractivity contribution >= 4 is 27.7 Å². The molecule has 1 aliphatic rings. The van der Waals surface area contributed by atoms with Crippen molar-refractivity contribution in [3.63, 3.8) is 0 Å². The lowest BCUT2D eigenvalue weighted by Crippen LogP contribution is -2.37. The zero-order valence-electron chi connectivity index (χ0n) is 14.9. The summed E-state index contributed by atoms with van der Waals surface area (Å²) >= 11 is 5.40. The Morgan fingerprint density at radius 3 is 2.48 bits per heavy atom. The topological polar surface area (TPSA) is 43.2 Å². The molecule has 5 nitrogen and oxygen atoms in total. The fourth-order valence-corrected chi connectivity index (χ4v) is 4.49. The predicted molar refractivity (Wildman–Crippen MR) is 112 cm³/mol. The molecule has 0 unspecified atom stereocenters. The van der Waals surface area contributed by atoms with Crippen LogP contribution < -0.4 is 0 Å². The van der Waals surface area contributed by atoms with Crippen LogP contribution in [0.2, 0.25) is 0 Å². The van der Waals surface area contributed by atoms with Crippen LogP contribution in [0.5, 0.6) is 0 Å². The van der Waals surface area contributed by atoms with Gasteiger partial charge in [0, 0.05) is 41.1 Å². The first-order valence-corrected chi connectivity index (χ1v) is 10.8. The van der Waals surface area contributed by atoms with Crippen molar-refractivity contribution in [2.45, 2.75) is 5.16 Å². The molecular formula is C20H21BrN4OS. The van der Waals surface area contributed by atoms with Gasteiger partial charge in [-0.05, 0) is 18.2 Å². The zero-order chi connectivity index (χ0) is 18.5. The Labute approximate surface area is 171 Å². The highest BCUT2D eigenvalue weighted by Gasteiger charge is 2.18. The molecular weight excluding hydrogens is 424 g/mol. The van der Waals surface area contributed by atoms with Gasteiger partial charge >= 0.3 is 0 Å². The second-order valence-electron chi connectivity index (χ2n) is 6.26. The average Bonchev–Trinajstić information content (AvgIpc) is 3.13. The Morgan fingerprint density at radius 1 is 0.963 bits per heavy atom. The lowest BCUT2D eigenvalue weighted by Gasteiger charge is -2.26. The standard InChI is InChI=1S/C20H21BrN4OS/c21-18-9-5-4-8-17(18)19-22-23-20(25(19)16-6-2-1-3-7-16)27-15-12-24-10-13-26-14-11-24/h1-9H,10-15H2. The van der Waals surface area contributed by atoms with Crippen LogP contribution in [-0.2, 0) is 4.74 Å². The monoisotopic (exact) mass is 444 g/mol. The van der Waals surface area contributed by atoms with Crippen LogP contribution in [0, 0.1) is 0 Å². The minimum absolute atomic E-state index is 0.830. The molecule has 0 bridgehead atoms. The first-order chi connectivity index (χ1) is 13.3. The fraction of sp³-hybridized carbons (Fsp3) is 0.300. The smallest absolute Gasteiger partial charge is 0.196 e. The van der Waals surface area contributed by atoms with E-state index in [0.29, 0.717) is 0 Å². The quantitative estimate of drug-likeness (QED) is 0.534. The largest absolute Gasteiger partial charge is 0.379 e. The van der Waals surface area contributed by atoms with E-state index >= 15 is 0 Å². The van der Waals surface area contributed by atoms with Gasteiger partial charge in [0.2, 0.25) is 0 Å². The highest BCUT2D eigenvalue weighted by molar-refractivity contribution is 9.10. The second-order valence-corrected chi connectivity index (χ2v) is 8.18. The van der Waals surface area contributed by atoms with Crippen LogP contribution in [0.25, 0.3) is 17.1 Å². The molecule has 1 aromatic heterocycles. The third-order valence-corrected chi connectivity index (χ3v) is 6.11. The summed E-state index contributed by atoms with van der Waals surface area (Å²) in [5.41, 5.74) is 2.11. The molecule has 0 saturated carbocycles. The number of benzene rings is 2. The summed E-state index contributed by atoms with van der Waals surface area (Å²) in [6.07, 6.45) is 0. The summed E-state index contributed by atoms with van der Waals surface area (Å²) in [6.45, 7) is 4.70. The zero-order valence-corrected chi connectivity index (χ0v) is 17.3. The molecule has 1 fully saturated rings. The highest BCUT2D eigenvalue weighted by atomic mass is 79.9. The van der Waals surface area contributed by atoms with Gasteiger partial charge in [-0.2, -0.15) is 0 Å². The molecule has 4 rings (SSSR count). The Kier molecular flexibility index (Phi) is 6.24. The van der Waals surface area contributed by atoms with Crippen molar-refractivity contribution in [2.24, 2.45) is 0 Å². The summed E-state index contributed by atoms with van der Waals surface area (Å²) in [4.78, 5) is 2.44. The van der Waals surface area contributed by atoms with Crippen molar-refractivity contribution < 1.29 is 4.74 Å². The number of aromatic nitrogens is 3. The molecule has 3 aromatic rings. The van der Waals surface area contributed by atoms with Crippen molar-refractivity contribution in [3.8, 4) is 17.1 Å². The summed E-state index contributed by atoms with van der Waals surface area (Å²) in [5, 5.41) is 9.94. The first kappa shape index (κ1) is 18.7. The second kappa shape index (κ2) is 9.01. The Morgan fingerprint density at radius 2 is 1.70 bits per heavy atom. The SMILES string of the molecule is Brc1ccccc1-c1nnc(SCCN2CCOCC2)n1-c1ccccc1. The molecule has 2 aromatic carbocycles. The number of halogens is 1.